The van der Waals surface area contributed by atoms with E-state index < -0.39 is 0 Å². The molecule has 2 aliphatic carbocycles. The summed E-state index contributed by atoms with van der Waals surface area (Å²) in [6.45, 7) is 0. The molecule has 0 saturated carbocycles. The van der Waals surface area contributed by atoms with Gasteiger partial charge in [-0.3, -0.25) is 0 Å². The number of rotatable bonds is 0. The van der Waals surface area contributed by atoms with E-state index >= 15 is 0 Å². The largest absolute Gasteiger partial charge is 0.0795 e. The van der Waals surface area contributed by atoms with Crippen molar-refractivity contribution in [2.24, 2.45) is 0 Å². The van der Waals surface area contributed by atoms with Crippen molar-refractivity contribution in [3.8, 4) is 0 Å². The Balaban J connectivity index is 2.30. The quantitative estimate of drug-likeness (QED) is 0.537. The van der Waals surface area contributed by atoms with Gasteiger partial charge in [0.15, 0.2) is 0 Å². The molecule has 0 bridgehead atoms. The molecule has 0 N–H and O–H groups in total. The highest BCUT2D eigenvalue weighted by molar-refractivity contribution is 5.73. The molecule has 1 aromatic carbocycles. The molecule has 2 aliphatic rings. The molecule has 3 rings (SSSR count). The smallest absolute Gasteiger partial charge is 0.0134 e. The zero-order chi connectivity index (χ0) is 7.97. The van der Waals surface area contributed by atoms with Gasteiger partial charge in [-0.1, -0.05) is 36.4 Å². The molecule has 0 heteroatoms. The van der Waals surface area contributed by atoms with Crippen LogP contribution in [0.3, 0.4) is 0 Å². The van der Waals surface area contributed by atoms with E-state index in [0.29, 0.717) is 0 Å². The van der Waals surface area contributed by atoms with Gasteiger partial charge in [0.25, 0.3) is 0 Å². The number of benzene rings is 1. The molecule has 1 radical (unpaired) electrons. The summed E-state index contributed by atoms with van der Waals surface area (Å²) in [5.74, 6) is 0. The summed E-state index contributed by atoms with van der Waals surface area (Å²) in [6.07, 6.45) is 12.1. The molecule has 0 aromatic heterocycles. The Morgan fingerprint density at radius 1 is 1.00 bits per heavy atom. The highest BCUT2D eigenvalue weighted by Gasteiger charge is 2.14. The van der Waals surface area contributed by atoms with Gasteiger partial charge >= 0.3 is 0 Å². The summed E-state index contributed by atoms with van der Waals surface area (Å²) >= 11 is 0. The first-order valence-electron chi connectivity index (χ1n) is 4.29. The SMILES string of the molecule is [CH]1C=Cc2ccc3c(c21)CC=C3. The van der Waals surface area contributed by atoms with Crippen LogP contribution in [0.5, 0.6) is 0 Å². The number of fused-ring (bicyclic) bond motifs is 3. The van der Waals surface area contributed by atoms with Crippen molar-refractivity contribution >= 4 is 12.2 Å². The van der Waals surface area contributed by atoms with Crippen LogP contribution in [0.25, 0.3) is 12.2 Å². The fourth-order valence-electron chi connectivity index (χ4n) is 1.98. The van der Waals surface area contributed by atoms with Crippen LogP contribution in [-0.4, -0.2) is 0 Å². The van der Waals surface area contributed by atoms with E-state index in [1.54, 1.807) is 0 Å². The Bertz CT molecular complexity index is 356. The lowest BCUT2D eigenvalue weighted by Crippen LogP contribution is -1.90. The van der Waals surface area contributed by atoms with E-state index in [2.05, 4.69) is 42.9 Å². The molecule has 0 heterocycles. The third-order valence-electron chi connectivity index (χ3n) is 2.59. The Morgan fingerprint density at radius 3 is 2.92 bits per heavy atom. The highest BCUT2D eigenvalue weighted by atomic mass is 14.2. The van der Waals surface area contributed by atoms with Crippen LogP contribution < -0.4 is 0 Å². The lowest BCUT2D eigenvalue weighted by atomic mass is 9.99. The van der Waals surface area contributed by atoms with Crippen LogP contribution >= 0.6 is 0 Å². The molecule has 12 heavy (non-hydrogen) atoms. The van der Waals surface area contributed by atoms with Crippen molar-refractivity contribution in [1.29, 1.82) is 0 Å². The minimum Gasteiger partial charge on any atom is -0.0795 e. The number of hydrogen-bond acceptors (Lipinski definition) is 0. The van der Waals surface area contributed by atoms with Crippen LogP contribution in [0, 0.1) is 6.42 Å². The fraction of sp³-hybridized carbons (Fsp3) is 0.0833. The standard InChI is InChI=1S/C12H9/c1-3-9-7-8-10-4-2-6-12(10)11(9)5-1/h1-5,7-8H,6H2. The molecular weight excluding hydrogens is 144 g/mol. The topological polar surface area (TPSA) is 0 Å². The monoisotopic (exact) mass is 153 g/mol. The predicted molar refractivity (Wildman–Crippen MR) is 51.6 cm³/mol. The Morgan fingerprint density at radius 2 is 1.92 bits per heavy atom. The third kappa shape index (κ3) is 0.672. The average Bonchev–Trinajstić information content (AvgIpc) is 2.71. The summed E-state index contributed by atoms with van der Waals surface area (Å²) in [4.78, 5) is 0. The van der Waals surface area contributed by atoms with Gasteiger partial charge in [0.1, 0.15) is 0 Å². The maximum atomic E-state index is 2.23. The van der Waals surface area contributed by atoms with Crippen molar-refractivity contribution in [2.75, 3.05) is 0 Å². The summed E-state index contributed by atoms with van der Waals surface area (Å²) in [5, 5.41) is 0. The molecule has 0 spiro atoms. The van der Waals surface area contributed by atoms with Gasteiger partial charge in [0.2, 0.25) is 0 Å². The van der Waals surface area contributed by atoms with E-state index in [0.717, 1.165) is 6.42 Å². The molecule has 0 saturated heterocycles. The van der Waals surface area contributed by atoms with Gasteiger partial charge in [-0.25, -0.2) is 0 Å². The predicted octanol–water partition coefficient (Wildman–Crippen LogP) is 2.84. The second-order valence-electron chi connectivity index (χ2n) is 3.27. The minimum atomic E-state index is 1.11. The van der Waals surface area contributed by atoms with Gasteiger partial charge in [-0.15, -0.1) is 0 Å². The average molecular weight is 153 g/mol. The molecule has 0 nitrogen and oxygen atoms in total. The summed E-state index contributed by atoms with van der Waals surface area (Å²) in [5.41, 5.74) is 5.70. The summed E-state index contributed by atoms with van der Waals surface area (Å²) in [7, 11) is 0. The van der Waals surface area contributed by atoms with Gasteiger partial charge in [0, 0.05) is 6.42 Å². The third-order valence-corrected chi connectivity index (χ3v) is 2.59. The molecule has 1 aromatic rings. The molecule has 0 atom stereocenters. The van der Waals surface area contributed by atoms with Gasteiger partial charge in [-0.2, -0.15) is 0 Å². The highest BCUT2D eigenvalue weighted by Crippen LogP contribution is 2.31. The van der Waals surface area contributed by atoms with Crippen LogP contribution in [0.4, 0.5) is 0 Å². The van der Waals surface area contributed by atoms with Crippen LogP contribution in [0.15, 0.2) is 24.3 Å². The molecule has 57 valence electrons. The number of hydrogen-bond donors (Lipinski definition) is 0. The molecule has 0 unspecified atom stereocenters. The molecule has 0 fully saturated rings. The normalized spacial score (nSPS) is 16.7. The zero-order valence-corrected chi connectivity index (χ0v) is 6.75. The second-order valence-corrected chi connectivity index (χ2v) is 3.27. The van der Waals surface area contributed by atoms with Crippen molar-refractivity contribution < 1.29 is 0 Å². The van der Waals surface area contributed by atoms with E-state index in [4.69, 9.17) is 0 Å². The Kier molecular flexibility index (Phi) is 1.09. The first-order valence-corrected chi connectivity index (χ1v) is 4.29. The lowest BCUT2D eigenvalue weighted by molar-refractivity contribution is 1.27. The Labute approximate surface area is 72.2 Å². The first kappa shape index (κ1) is 6.24. The lowest BCUT2D eigenvalue weighted by Gasteiger charge is -2.05. The van der Waals surface area contributed by atoms with E-state index in [9.17, 15) is 0 Å². The van der Waals surface area contributed by atoms with Gasteiger partial charge < -0.3 is 0 Å². The maximum absolute atomic E-state index is 2.23. The zero-order valence-electron chi connectivity index (χ0n) is 6.75. The maximum Gasteiger partial charge on any atom is 0.0134 e. The van der Waals surface area contributed by atoms with E-state index in [1.807, 2.05) is 0 Å². The van der Waals surface area contributed by atoms with Crippen molar-refractivity contribution in [1.82, 2.24) is 0 Å². The minimum absolute atomic E-state index is 1.11. The van der Waals surface area contributed by atoms with Crippen LogP contribution in [0.2, 0.25) is 0 Å². The van der Waals surface area contributed by atoms with E-state index in [-0.39, 0.29) is 0 Å². The van der Waals surface area contributed by atoms with Crippen molar-refractivity contribution in [3.05, 3.63) is 53.0 Å². The number of allylic oxidation sites excluding steroid dienone is 2. The summed E-state index contributed by atoms with van der Waals surface area (Å²) < 4.78 is 0. The molecule has 0 amide bonds. The Hall–Kier alpha value is -1.30. The first-order chi connectivity index (χ1) is 5.95. The van der Waals surface area contributed by atoms with E-state index in [1.165, 1.54) is 22.3 Å². The van der Waals surface area contributed by atoms with Crippen LogP contribution in [-0.2, 0) is 6.42 Å². The molecule has 0 aliphatic heterocycles. The van der Waals surface area contributed by atoms with Crippen LogP contribution in [0.1, 0.15) is 22.3 Å². The fourth-order valence-corrected chi connectivity index (χ4v) is 1.98. The van der Waals surface area contributed by atoms with Crippen molar-refractivity contribution in [3.63, 3.8) is 0 Å². The van der Waals surface area contributed by atoms with Crippen molar-refractivity contribution in [2.45, 2.75) is 6.42 Å². The van der Waals surface area contributed by atoms with Gasteiger partial charge in [-0.05, 0) is 28.7 Å². The molecular formula is C12H9. The van der Waals surface area contributed by atoms with Gasteiger partial charge in [0.05, 0.1) is 0 Å². The summed E-state index contributed by atoms with van der Waals surface area (Å²) in [6, 6.07) is 4.41. The second kappa shape index (κ2) is 2.10.